The van der Waals surface area contributed by atoms with Gasteiger partial charge in [-0.2, -0.15) is 13.2 Å². The highest BCUT2D eigenvalue weighted by atomic mass is 19.4. The van der Waals surface area contributed by atoms with Crippen LogP contribution in [0.1, 0.15) is 31.0 Å². The summed E-state index contributed by atoms with van der Waals surface area (Å²) >= 11 is 0. The molecule has 0 radical (unpaired) electrons. The summed E-state index contributed by atoms with van der Waals surface area (Å²) in [6.07, 6.45) is -3.83. The van der Waals surface area contributed by atoms with Crippen molar-refractivity contribution >= 4 is 6.03 Å². The lowest BCUT2D eigenvalue weighted by molar-refractivity contribution is -0.145. The van der Waals surface area contributed by atoms with Crippen molar-refractivity contribution in [1.82, 2.24) is 10.6 Å². The molecule has 2 N–H and O–H groups in total. The fourth-order valence-corrected chi connectivity index (χ4v) is 1.49. The molecule has 3 nitrogen and oxygen atoms in total. The van der Waals surface area contributed by atoms with E-state index >= 15 is 0 Å². The van der Waals surface area contributed by atoms with Crippen molar-refractivity contribution in [2.75, 3.05) is 0 Å². The quantitative estimate of drug-likeness (QED) is 0.805. The first-order chi connectivity index (χ1) is 8.31. The van der Waals surface area contributed by atoms with Gasteiger partial charge >= 0.3 is 12.3 Å². The van der Waals surface area contributed by atoms with Gasteiger partial charge in [-0.05, 0) is 24.5 Å². The molecule has 6 heteroatoms. The van der Waals surface area contributed by atoms with Crippen molar-refractivity contribution in [2.24, 2.45) is 0 Å². The zero-order chi connectivity index (χ0) is 13.8. The van der Waals surface area contributed by atoms with Gasteiger partial charge in [0.2, 0.25) is 0 Å². The van der Waals surface area contributed by atoms with Gasteiger partial charge in [-0.25, -0.2) is 10.1 Å². The summed E-state index contributed by atoms with van der Waals surface area (Å²) in [6.45, 7) is 3.63. The molecule has 1 aromatic carbocycles. The molecular formula is C12H15F3N2O. The fraction of sp³-hybridized carbons (Fsp3) is 0.417. The fourth-order valence-electron chi connectivity index (χ4n) is 1.49. The number of aryl methyl sites for hydroxylation is 1. The number of carbonyl (C=O) groups excluding carboxylic acids is 1. The van der Waals surface area contributed by atoms with Crippen molar-refractivity contribution < 1.29 is 18.0 Å². The van der Waals surface area contributed by atoms with Crippen LogP contribution in [0.3, 0.4) is 0 Å². The van der Waals surface area contributed by atoms with E-state index in [9.17, 15) is 18.0 Å². The minimum Gasteiger partial charge on any atom is -0.331 e. The first kappa shape index (κ1) is 14.3. The summed E-state index contributed by atoms with van der Waals surface area (Å²) in [4.78, 5) is 11.0. The molecule has 0 aliphatic rings. The van der Waals surface area contributed by atoms with Crippen molar-refractivity contribution in [2.45, 2.75) is 32.6 Å². The van der Waals surface area contributed by atoms with Gasteiger partial charge in [-0.3, -0.25) is 0 Å². The molecule has 0 saturated carbocycles. The minimum absolute atomic E-state index is 0.488. The predicted octanol–water partition coefficient (Wildman–Crippen LogP) is 3.13. The summed E-state index contributed by atoms with van der Waals surface area (Å²) < 4.78 is 35.7. The second-order valence-electron chi connectivity index (χ2n) is 3.91. The lowest BCUT2D eigenvalue weighted by atomic mass is 10.1. The average molecular weight is 260 g/mol. The number of halogens is 3. The van der Waals surface area contributed by atoms with Gasteiger partial charge in [0.15, 0.2) is 0 Å². The van der Waals surface area contributed by atoms with E-state index < -0.39 is 18.4 Å². The Morgan fingerprint density at radius 2 is 1.83 bits per heavy atom. The molecule has 1 atom stereocenters. The number of hydrogen-bond donors (Lipinski definition) is 2. The summed E-state index contributed by atoms with van der Waals surface area (Å²) in [5.41, 5.74) is 1.88. The molecular weight excluding hydrogens is 245 g/mol. The second-order valence-corrected chi connectivity index (χ2v) is 3.91. The molecule has 18 heavy (non-hydrogen) atoms. The minimum atomic E-state index is -4.71. The van der Waals surface area contributed by atoms with Crippen LogP contribution in [-0.4, -0.2) is 12.3 Å². The van der Waals surface area contributed by atoms with Crippen LogP contribution >= 0.6 is 0 Å². The van der Waals surface area contributed by atoms with Gasteiger partial charge in [0, 0.05) is 0 Å². The van der Waals surface area contributed by atoms with Gasteiger partial charge in [-0.15, -0.1) is 0 Å². The Balaban J connectivity index is 2.59. The highest BCUT2D eigenvalue weighted by Gasteiger charge is 2.30. The van der Waals surface area contributed by atoms with E-state index in [-0.39, 0.29) is 0 Å². The molecule has 1 rings (SSSR count). The van der Waals surface area contributed by atoms with Crippen LogP contribution in [0, 0.1) is 0 Å². The summed E-state index contributed by atoms with van der Waals surface area (Å²) in [5.74, 6) is 0. The van der Waals surface area contributed by atoms with E-state index in [1.807, 2.05) is 19.1 Å². The predicted molar refractivity (Wildman–Crippen MR) is 62.0 cm³/mol. The summed E-state index contributed by atoms with van der Waals surface area (Å²) in [5, 5.41) is 3.11. The Morgan fingerprint density at radius 3 is 2.28 bits per heavy atom. The molecule has 0 aliphatic carbocycles. The zero-order valence-corrected chi connectivity index (χ0v) is 10.1. The lowest BCUT2D eigenvalue weighted by Gasteiger charge is -2.16. The molecule has 2 amide bonds. The van der Waals surface area contributed by atoms with Crippen LogP contribution in [0.5, 0.6) is 0 Å². The third-order valence-corrected chi connectivity index (χ3v) is 2.49. The second kappa shape index (κ2) is 5.75. The third-order valence-electron chi connectivity index (χ3n) is 2.49. The molecule has 0 aliphatic heterocycles. The Bertz CT molecular complexity index is 401. The van der Waals surface area contributed by atoms with E-state index in [0.29, 0.717) is 0 Å². The number of nitrogens with one attached hydrogen (secondary N) is 2. The molecule has 0 heterocycles. The molecule has 1 unspecified atom stereocenters. The number of rotatable bonds is 3. The maximum Gasteiger partial charge on any atom is 0.485 e. The Morgan fingerprint density at radius 1 is 1.28 bits per heavy atom. The topological polar surface area (TPSA) is 41.1 Å². The van der Waals surface area contributed by atoms with Crippen LogP contribution < -0.4 is 10.6 Å². The first-order valence-corrected chi connectivity index (χ1v) is 5.56. The van der Waals surface area contributed by atoms with Crippen LogP contribution in [0.4, 0.5) is 18.0 Å². The van der Waals surface area contributed by atoms with Gasteiger partial charge in [-0.1, -0.05) is 31.2 Å². The van der Waals surface area contributed by atoms with Crippen molar-refractivity contribution in [3.63, 3.8) is 0 Å². The van der Waals surface area contributed by atoms with Crippen LogP contribution in [0.15, 0.2) is 24.3 Å². The third kappa shape index (κ3) is 4.65. The largest absolute Gasteiger partial charge is 0.485 e. The lowest BCUT2D eigenvalue weighted by Crippen LogP contribution is -2.44. The van der Waals surface area contributed by atoms with Gasteiger partial charge < -0.3 is 5.32 Å². The van der Waals surface area contributed by atoms with Crippen molar-refractivity contribution in [3.05, 3.63) is 35.4 Å². The van der Waals surface area contributed by atoms with Gasteiger partial charge in [0.25, 0.3) is 0 Å². The molecule has 0 fully saturated rings. The maximum absolute atomic E-state index is 11.9. The molecule has 0 bridgehead atoms. The normalized spacial score (nSPS) is 12.9. The number of benzene rings is 1. The van der Waals surface area contributed by atoms with E-state index in [1.165, 1.54) is 0 Å². The SMILES string of the molecule is CCc1ccc(C(C)NC(=O)NC(F)(F)F)cc1. The first-order valence-electron chi connectivity index (χ1n) is 5.56. The summed E-state index contributed by atoms with van der Waals surface area (Å²) in [7, 11) is 0. The Hall–Kier alpha value is -1.72. The van der Waals surface area contributed by atoms with Crippen molar-refractivity contribution in [1.29, 1.82) is 0 Å². The standard InChI is InChI=1S/C12H15F3N2O/c1-3-9-4-6-10(7-5-9)8(2)16-11(18)17-12(13,14)15/h4-8H,3H2,1-2H3,(H2,16,17,18). The smallest absolute Gasteiger partial charge is 0.331 e. The highest BCUT2D eigenvalue weighted by molar-refractivity contribution is 5.74. The van der Waals surface area contributed by atoms with Gasteiger partial charge in [0.05, 0.1) is 6.04 Å². The maximum atomic E-state index is 11.9. The number of carbonyl (C=O) groups is 1. The number of alkyl halides is 3. The van der Waals surface area contributed by atoms with E-state index in [1.54, 1.807) is 19.1 Å². The number of amides is 2. The van der Waals surface area contributed by atoms with E-state index in [2.05, 4.69) is 5.32 Å². The molecule has 0 saturated heterocycles. The number of urea groups is 1. The van der Waals surface area contributed by atoms with E-state index in [0.717, 1.165) is 22.9 Å². The van der Waals surface area contributed by atoms with Crippen LogP contribution in [0.2, 0.25) is 0 Å². The molecule has 1 aromatic rings. The zero-order valence-electron chi connectivity index (χ0n) is 10.1. The Labute approximate surface area is 103 Å². The van der Waals surface area contributed by atoms with Crippen LogP contribution in [-0.2, 0) is 6.42 Å². The van der Waals surface area contributed by atoms with Crippen molar-refractivity contribution in [3.8, 4) is 0 Å². The van der Waals surface area contributed by atoms with Crippen LogP contribution in [0.25, 0.3) is 0 Å². The average Bonchev–Trinajstić information content (AvgIpc) is 2.26. The Kier molecular flexibility index (Phi) is 4.58. The monoisotopic (exact) mass is 260 g/mol. The van der Waals surface area contributed by atoms with E-state index in [4.69, 9.17) is 0 Å². The molecule has 0 spiro atoms. The van der Waals surface area contributed by atoms with Gasteiger partial charge in [0.1, 0.15) is 0 Å². The highest BCUT2D eigenvalue weighted by Crippen LogP contribution is 2.14. The molecule has 100 valence electrons. The number of hydrogen-bond acceptors (Lipinski definition) is 1. The molecule has 0 aromatic heterocycles. The summed E-state index contributed by atoms with van der Waals surface area (Å²) in [6, 6.07) is 5.60.